The Morgan fingerprint density at radius 2 is 0.619 bits per heavy atom. The topological polar surface area (TPSA) is 603 Å². The van der Waals surface area contributed by atoms with E-state index in [4.69, 9.17) is 61.6 Å². The van der Waals surface area contributed by atoms with Gasteiger partial charge in [-0.15, -0.1) is 0 Å². The number of aliphatic hydroxyl groups is 21. The van der Waals surface area contributed by atoms with Crippen molar-refractivity contribution < 1.29 is 178 Å². The summed E-state index contributed by atoms with van der Waals surface area (Å²) in [5.41, 5.74) is 0. The standard InChI is InChI=1S/C46H78N2O36/c1-10(54)47-19-28(63)36(16(7-53)74-40(19)71)81-46-35(70)39(84-45-34(69)37(24(59)15(6-52)78-45)82-41-20(48-11(2)55)27(62)21(56)12(3-49)75-41)26(61)18(80-46)9-73-43-33(68)38(83-44-32(67)30(65)23(58)14(5-51)77-44)25(60)17(79-43)8-72-42-31(66)29(64)22(57)13(4-50)76-42/h12-46,49-53,56-71H,3-9H2,1-2H3,(H,47,54)(H,48,55)/t12-,13-,14-,15-,16-,17-,18-,19-,20-,21-,22-,23-,24-,25-,26-,27-,28-,29+,30+,31+,32+,33+,34+,35+,36-,37+,38+,39+,40?,41+,42+,43+,44-,45-,46+/m1/s1. The average molecular weight is 1240 g/mol. The van der Waals surface area contributed by atoms with Gasteiger partial charge in [-0.2, -0.15) is 0 Å². The second-order valence-electron chi connectivity index (χ2n) is 21.1. The molecule has 7 rings (SSSR count). The van der Waals surface area contributed by atoms with Crippen LogP contribution in [0.2, 0.25) is 0 Å². The summed E-state index contributed by atoms with van der Waals surface area (Å²) in [7, 11) is 0. The monoisotopic (exact) mass is 1230 g/mol. The SMILES string of the molecule is CC(=O)N[C@H]1[C@H](O[C@@H]2[C@H](O)[C@@H](O[C@@H]3[C@H](O)[C@H](O[C@H]4[C@H](O)[C@@H](NC(C)=O)C(O)O[C@@H]4CO)O[C@H](CO[C@H]4O[C@H](CO[C@H]5O[C@H](CO)[C@@H](O)[C@H](O)[C@@H]5O)[C@@H](O)[C@H](O[C@H]5O[C@H](CO)[C@@H](O)[C@H](O)[C@@H]5O)[C@@H]4O)[C@H]3O)O[C@H](CO)[C@H]2O)O[C@H](CO)[C@@H](O)[C@@H]1O. The highest BCUT2D eigenvalue weighted by molar-refractivity contribution is 5.73. The van der Waals surface area contributed by atoms with Crippen molar-refractivity contribution in [2.45, 2.75) is 229 Å². The maximum absolute atomic E-state index is 12.2. The van der Waals surface area contributed by atoms with E-state index in [0.29, 0.717) is 0 Å². The van der Waals surface area contributed by atoms with Crippen molar-refractivity contribution in [3.63, 3.8) is 0 Å². The van der Waals surface area contributed by atoms with Crippen LogP contribution in [0.25, 0.3) is 0 Å². The second-order valence-corrected chi connectivity index (χ2v) is 21.1. The van der Waals surface area contributed by atoms with Crippen molar-refractivity contribution >= 4 is 11.8 Å². The van der Waals surface area contributed by atoms with E-state index in [9.17, 15) is 117 Å². The first-order chi connectivity index (χ1) is 39.7. The first kappa shape index (κ1) is 69.1. The number of hydrogen-bond acceptors (Lipinski definition) is 36. The van der Waals surface area contributed by atoms with Gasteiger partial charge in [-0.05, 0) is 0 Å². The van der Waals surface area contributed by atoms with Crippen LogP contribution in [0.5, 0.6) is 0 Å². The molecule has 38 heteroatoms. The van der Waals surface area contributed by atoms with Crippen LogP contribution in [0.4, 0.5) is 0 Å². The molecule has 0 aromatic heterocycles. The number of carbonyl (C=O) groups excluding carboxylic acids is 2. The van der Waals surface area contributed by atoms with Gasteiger partial charge >= 0.3 is 0 Å². The molecule has 7 aliphatic heterocycles. The highest BCUT2D eigenvalue weighted by Gasteiger charge is 2.58. The Morgan fingerprint density at radius 3 is 1.07 bits per heavy atom. The van der Waals surface area contributed by atoms with E-state index in [0.717, 1.165) is 13.8 Å². The Hall–Kier alpha value is -2.42. The lowest BCUT2D eigenvalue weighted by Gasteiger charge is -2.50. The highest BCUT2D eigenvalue weighted by Crippen LogP contribution is 2.37. The lowest BCUT2D eigenvalue weighted by Crippen LogP contribution is -2.69. The van der Waals surface area contributed by atoms with Crippen LogP contribution in [-0.2, 0) is 71.2 Å². The molecule has 38 nitrogen and oxygen atoms in total. The van der Waals surface area contributed by atoms with Crippen LogP contribution >= 0.6 is 0 Å². The molecular weight excluding hydrogens is 1160 g/mol. The largest absolute Gasteiger partial charge is 0.394 e. The van der Waals surface area contributed by atoms with Gasteiger partial charge in [0.15, 0.2) is 44.0 Å². The molecule has 23 N–H and O–H groups in total. The number of carbonyl (C=O) groups is 2. The van der Waals surface area contributed by atoms with E-state index >= 15 is 0 Å². The molecule has 7 saturated heterocycles. The Kier molecular flexibility index (Phi) is 24.6. The van der Waals surface area contributed by atoms with Crippen molar-refractivity contribution in [2.75, 3.05) is 46.2 Å². The van der Waals surface area contributed by atoms with Gasteiger partial charge in [-0.25, -0.2) is 0 Å². The van der Waals surface area contributed by atoms with Gasteiger partial charge in [0.1, 0.15) is 171 Å². The van der Waals surface area contributed by atoms with E-state index in [1.165, 1.54) is 0 Å². The van der Waals surface area contributed by atoms with Crippen LogP contribution < -0.4 is 10.6 Å². The Balaban J connectivity index is 1.19. The van der Waals surface area contributed by atoms with Gasteiger partial charge in [0.2, 0.25) is 11.8 Å². The molecule has 35 atom stereocenters. The van der Waals surface area contributed by atoms with E-state index in [2.05, 4.69) is 10.6 Å². The van der Waals surface area contributed by atoms with Crippen LogP contribution in [0, 0.1) is 0 Å². The Morgan fingerprint density at radius 1 is 0.310 bits per heavy atom. The number of rotatable bonds is 21. The molecule has 0 saturated carbocycles. The Labute approximate surface area is 475 Å². The lowest BCUT2D eigenvalue weighted by molar-refractivity contribution is -0.390. The summed E-state index contributed by atoms with van der Waals surface area (Å²) in [6.07, 6.45) is -65.6. The van der Waals surface area contributed by atoms with E-state index in [1.54, 1.807) is 0 Å². The van der Waals surface area contributed by atoms with Crippen molar-refractivity contribution in [3.05, 3.63) is 0 Å². The van der Waals surface area contributed by atoms with Crippen LogP contribution in [0.3, 0.4) is 0 Å². The maximum Gasteiger partial charge on any atom is 0.217 e. The van der Waals surface area contributed by atoms with Crippen LogP contribution in [-0.4, -0.2) is 380 Å². The molecule has 7 aliphatic rings. The smallest absolute Gasteiger partial charge is 0.217 e. The molecule has 1 unspecified atom stereocenters. The summed E-state index contributed by atoms with van der Waals surface area (Å²) in [5.74, 6) is -1.59. The molecule has 0 radical (unpaired) electrons. The van der Waals surface area contributed by atoms with Gasteiger partial charge in [-0.3, -0.25) is 9.59 Å². The first-order valence-corrected chi connectivity index (χ1v) is 26.6. The highest BCUT2D eigenvalue weighted by atomic mass is 16.8. The summed E-state index contributed by atoms with van der Waals surface area (Å²) in [5, 5.41) is 232. The number of hydrogen-bond donors (Lipinski definition) is 23. The first-order valence-electron chi connectivity index (χ1n) is 26.6. The fourth-order valence-corrected chi connectivity index (χ4v) is 10.6. The number of amides is 2. The molecule has 0 aromatic carbocycles. The normalized spacial score (nSPS) is 50.3. The number of nitrogens with one attached hydrogen (secondary N) is 2. The van der Waals surface area contributed by atoms with Crippen LogP contribution in [0.15, 0.2) is 0 Å². The second kappa shape index (κ2) is 29.9. The van der Waals surface area contributed by atoms with E-state index in [-0.39, 0.29) is 0 Å². The fourth-order valence-electron chi connectivity index (χ4n) is 10.6. The minimum Gasteiger partial charge on any atom is -0.394 e. The summed E-state index contributed by atoms with van der Waals surface area (Å²) in [6.45, 7) is -4.82. The van der Waals surface area contributed by atoms with Gasteiger partial charge < -0.3 is 179 Å². The predicted molar refractivity (Wildman–Crippen MR) is 255 cm³/mol. The molecule has 0 bridgehead atoms. The quantitative estimate of drug-likeness (QED) is 0.0507. The van der Waals surface area contributed by atoms with Crippen molar-refractivity contribution in [2.24, 2.45) is 0 Å². The molecule has 2 amide bonds. The molecular formula is C46H78N2O36. The molecule has 0 aliphatic carbocycles. The summed E-state index contributed by atoms with van der Waals surface area (Å²) in [6, 6.07) is -3.33. The van der Waals surface area contributed by atoms with Crippen molar-refractivity contribution in [1.29, 1.82) is 0 Å². The van der Waals surface area contributed by atoms with Gasteiger partial charge in [0, 0.05) is 13.8 Å². The zero-order valence-corrected chi connectivity index (χ0v) is 44.7. The zero-order valence-electron chi connectivity index (χ0n) is 44.7. The summed E-state index contributed by atoms with van der Waals surface area (Å²) >= 11 is 0. The van der Waals surface area contributed by atoms with E-state index < -0.39 is 273 Å². The summed E-state index contributed by atoms with van der Waals surface area (Å²) < 4.78 is 74.2. The molecule has 84 heavy (non-hydrogen) atoms. The van der Waals surface area contributed by atoms with Gasteiger partial charge in [-0.1, -0.05) is 0 Å². The molecule has 488 valence electrons. The molecule has 7 fully saturated rings. The Bertz CT molecular complexity index is 2060. The lowest BCUT2D eigenvalue weighted by atomic mass is 9.94. The number of ether oxygens (including phenoxy) is 13. The minimum absolute atomic E-state index is 0.795. The predicted octanol–water partition coefficient (Wildman–Crippen LogP) is -16.0. The average Bonchev–Trinajstić information content (AvgIpc) is 3.51. The van der Waals surface area contributed by atoms with E-state index in [1.807, 2.05) is 0 Å². The van der Waals surface area contributed by atoms with Gasteiger partial charge in [0.25, 0.3) is 0 Å². The third-order valence-corrected chi connectivity index (χ3v) is 15.3. The fraction of sp³-hybridized carbons (Fsp3) is 0.957. The zero-order chi connectivity index (χ0) is 61.9. The van der Waals surface area contributed by atoms with Crippen LogP contribution in [0.1, 0.15) is 13.8 Å². The number of aliphatic hydroxyl groups excluding tert-OH is 21. The van der Waals surface area contributed by atoms with Gasteiger partial charge in [0.05, 0.1) is 46.2 Å². The van der Waals surface area contributed by atoms with Crippen molar-refractivity contribution in [1.82, 2.24) is 10.6 Å². The third-order valence-electron chi connectivity index (χ3n) is 15.3. The third kappa shape index (κ3) is 14.9. The minimum atomic E-state index is -2.36. The molecule has 0 spiro atoms. The molecule has 7 heterocycles. The summed E-state index contributed by atoms with van der Waals surface area (Å²) in [4.78, 5) is 24.3. The maximum atomic E-state index is 12.2. The van der Waals surface area contributed by atoms with Crippen molar-refractivity contribution in [3.8, 4) is 0 Å². The molecule has 0 aromatic rings.